The molecule has 2 aromatic heterocycles. The van der Waals surface area contributed by atoms with Crippen molar-refractivity contribution in [1.29, 1.82) is 0 Å². The van der Waals surface area contributed by atoms with E-state index >= 15 is 0 Å². The van der Waals surface area contributed by atoms with Crippen LogP contribution in [0.25, 0.3) is 16.9 Å². The first-order valence-electron chi connectivity index (χ1n) is 8.33. The van der Waals surface area contributed by atoms with Crippen LogP contribution in [0.5, 0.6) is 5.75 Å². The molecule has 1 aromatic carbocycles. The third-order valence-corrected chi connectivity index (χ3v) is 7.07. The maximum absolute atomic E-state index is 14.1. The molecule has 6 nitrogen and oxygen atoms in total. The van der Waals surface area contributed by atoms with Crippen LogP contribution >= 0.6 is 0 Å². The number of hydrogen-bond donors (Lipinski definition) is 1. The van der Waals surface area contributed by atoms with E-state index in [2.05, 4.69) is 4.98 Å². The number of nitrogens with zero attached hydrogens (tertiary/aromatic N) is 2. The third kappa shape index (κ3) is 3.03. The van der Waals surface area contributed by atoms with Crippen LogP contribution in [-0.4, -0.2) is 29.7 Å². The van der Waals surface area contributed by atoms with Crippen molar-refractivity contribution in [1.82, 2.24) is 9.38 Å². The van der Waals surface area contributed by atoms with E-state index in [1.165, 1.54) is 19.4 Å². The minimum Gasteiger partial charge on any atom is -0.495 e. The number of anilines is 1. The average molecular weight is 391 g/mol. The number of fused-ring (bicyclic) bond motifs is 1. The number of imidazole rings is 1. The van der Waals surface area contributed by atoms with Gasteiger partial charge in [-0.3, -0.25) is 4.40 Å². The molecule has 0 aliphatic heterocycles. The first kappa shape index (κ1) is 19.2. The number of nitrogens with two attached hydrogens (primary N) is 1. The quantitative estimate of drug-likeness (QED) is 0.689. The summed E-state index contributed by atoms with van der Waals surface area (Å²) in [4.78, 5) is 4.34. The molecule has 0 unspecified atom stereocenters. The normalized spacial score (nSPS) is 12.5. The van der Waals surface area contributed by atoms with Gasteiger partial charge in [0.2, 0.25) is 0 Å². The van der Waals surface area contributed by atoms with Crippen molar-refractivity contribution in [3.05, 3.63) is 42.0 Å². The summed E-state index contributed by atoms with van der Waals surface area (Å²) in [7, 11) is -2.27. The van der Waals surface area contributed by atoms with Crippen molar-refractivity contribution in [3.8, 4) is 17.0 Å². The Labute approximate surface area is 157 Å². The fourth-order valence-corrected chi connectivity index (χ4v) is 4.05. The standard InChI is InChI=1S/C19H22FN3O3S/c1-11-13(20)6-12(7-14(11)21)15-9-22-18-8-16(26-5)17(10-23(15)18)27(24,25)19(2,3)4/h6-10H,21H2,1-5H3. The highest BCUT2D eigenvalue weighted by atomic mass is 32.2. The number of rotatable bonds is 3. The van der Waals surface area contributed by atoms with Crippen molar-refractivity contribution in [2.24, 2.45) is 0 Å². The van der Waals surface area contributed by atoms with Gasteiger partial charge in [0, 0.05) is 29.1 Å². The molecule has 27 heavy (non-hydrogen) atoms. The topological polar surface area (TPSA) is 86.7 Å². The summed E-state index contributed by atoms with van der Waals surface area (Å²) in [6.07, 6.45) is 3.01. The van der Waals surface area contributed by atoms with Gasteiger partial charge in [-0.1, -0.05) is 0 Å². The Kier molecular flexibility index (Phi) is 4.42. The van der Waals surface area contributed by atoms with Crippen LogP contribution in [0.1, 0.15) is 26.3 Å². The lowest BCUT2D eigenvalue weighted by molar-refractivity contribution is 0.401. The molecule has 0 amide bonds. The maximum atomic E-state index is 14.1. The predicted octanol–water partition coefficient (Wildman–Crippen LogP) is 3.61. The van der Waals surface area contributed by atoms with E-state index in [1.807, 2.05) is 0 Å². The van der Waals surface area contributed by atoms with Gasteiger partial charge >= 0.3 is 0 Å². The summed E-state index contributed by atoms with van der Waals surface area (Å²) in [5.41, 5.74) is 8.09. The Hall–Kier alpha value is -2.61. The Morgan fingerprint density at radius 3 is 2.44 bits per heavy atom. The summed E-state index contributed by atoms with van der Waals surface area (Å²) in [6, 6.07) is 4.55. The number of nitrogen functional groups attached to an aromatic ring is 1. The molecule has 3 aromatic rings. The number of pyridine rings is 1. The molecule has 0 saturated carbocycles. The molecule has 0 radical (unpaired) electrons. The fourth-order valence-electron chi connectivity index (χ4n) is 2.74. The van der Waals surface area contributed by atoms with Crippen molar-refractivity contribution in [2.75, 3.05) is 12.8 Å². The van der Waals surface area contributed by atoms with Gasteiger partial charge in [0.25, 0.3) is 0 Å². The zero-order valence-corrected chi connectivity index (χ0v) is 16.7. The minimum absolute atomic E-state index is 0.0461. The van der Waals surface area contributed by atoms with E-state index < -0.39 is 20.4 Å². The van der Waals surface area contributed by atoms with Gasteiger partial charge in [0.1, 0.15) is 22.1 Å². The van der Waals surface area contributed by atoms with Crippen molar-refractivity contribution in [2.45, 2.75) is 37.3 Å². The number of aromatic nitrogens is 2. The van der Waals surface area contributed by atoms with Crippen molar-refractivity contribution in [3.63, 3.8) is 0 Å². The van der Waals surface area contributed by atoms with Crippen LogP contribution in [0.4, 0.5) is 10.1 Å². The average Bonchev–Trinajstić information content (AvgIpc) is 2.99. The molecule has 0 atom stereocenters. The summed E-state index contributed by atoms with van der Waals surface area (Å²) in [5, 5.41) is 0. The van der Waals surface area contributed by atoms with Crippen LogP contribution < -0.4 is 10.5 Å². The molecule has 8 heteroatoms. The summed E-state index contributed by atoms with van der Waals surface area (Å²) in [5.74, 6) is -0.222. The van der Waals surface area contributed by atoms with E-state index in [1.54, 1.807) is 50.4 Å². The molecule has 0 aliphatic carbocycles. The van der Waals surface area contributed by atoms with Gasteiger partial charge < -0.3 is 10.5 Å². The monoisotopic (exact) mass is 391 g/mol. The van der Waals surface area contributed by atoms with Crippen molar-refractivity contribution < 1.29 is 17.5 Å². The zero-order valence-electron chi connectivity index (χ0n) is 15.9. The van der Waals surface area contributed by atoms with Crippen LogP contribution in [0.2, 0.25) is 0 Å². The predicted molar refractivity (Wildman–Crippen MR) is 103 cm³/mol. The number of halogens is 1. The number of ether oxygens (including phenoxy) is 1. The molecule has 0 fully saturated rings. The molecular weight excluding hydrogens is 369 g/mol. The lowest BCUT2D eigenvalue weighted by Crippen LogP contribution is -2.28. The highest BCUT2D eigenvalue weighted by Crippen LogP contribution is 2.35. The van der Waals surface area contributed by atoms with Gasteiger partial charge in [-0.2, -0.15) is 0 Å². The minimum atomic E-state index is -3.68. The molecule has 0 bridgehead atoms. The Bertz CT molecular complexity index is 1120. The van der Waals surface area contributed by atoms with E-state index in [4.69, 9.17) is 10.5 Å². The second kappa shape index (κ2) is 6.23. The van der Waals surface area contributed by atoms with Gasteiger partial charge in [0.05, 0.1) is 23.7 Å². The molecule has 2 heterocycles. The third-order valence-electron chi connectivity index (χ3n) is 4.57. The molecule has 144 valence electrons. The first-order valence-corrected chi connectivity index (χ1v) is 9.81. The second-order valence-electron chi connectivity index (χ2n) is 7.37. The second-order valence-corrected chi connectivity index (χ2v) is 10.0. The number of hydrogen-bond acceptors (Lipinski definition) is 5. The highest BCUT2D eigenvalue weighted by Gasteiger charge is 2.34. The van der Waals surface area contributed by atoms with E-state index in [-0.39, 0.29) is 10.6 Å². The van der Waals surface area contributed by atoms with Crippen LogP contribution in [-0.2, 0) is 9.84 Å². The zero-order chi connectivity index (χ0) is 20.1. The van der Waals surface area contributed by atoms with E-state index in [9.17, 15) is 12.8 Å². The van der Waals surface area contributed by atoms with E-state index in [0.29, 0.717) is 28.2 Å². The summed E-state index contributed by atoms with van der Waals surface area (Å²) >= 11 is 0. The lowest BCUT2D eigenvalue weighted by Gasteiger charge is -2.21. The molecule has 0 spiro atoms. The molecule has 0 aliphatic rings. The SMILES string of the molecule is COc1cc2ncc(-c3cc(N)c(C)c(F)c3)n2cc1S(=O)(=O)C(C)(C)C. The Balaban J connectivity index is 2.32. The number of sulfone groups is 1. The van der Waals surface area contributed by atoms with Gasteiger partial charge in [-0.05, 0) is 39.8 Å². The van der Waals surface area contributed by atoms with Crippen LogP contribution in [0.3, 0.4) is 0 Å². The number of methoxy groups -OCH3 is 1. The maximum Gasteiger partial charge on any atom is 0.188 e. The van der Waals surface area contributed by atoms with Crippen LogP contribution in [0, 0.1) is 12.7 Å². The number of benzene rings is 1. The first-order chi connectivity index (χ1) is 12.5. The Morgan fingerprint density at radius 1 is 1.22 bits per heavy atom. The van der Waals surface area contributed by atoms with E-state index in [0.717, 1.165) is 0 Å². The smallest absolute Gasteiger partial charge is 0.188 e. The Morgan fingerprint density at radius 2 is 1.89 bits per heavy atom. The van der Waals surface area contributed by atoms with Gasteiger partial charge in [-0.15, -0.1) is 0 Å². The van der Waals surface area contributed by atoms with Gasteiger partial charge in [-0.25, -0.2) is 17.8 Å². The fraction of sp³-hybridized carbons (Fsp3) is 0.316. The van der Waals surface area contributed by atoms with Gasteiger partial charge in [0.15, 0.2) is 9.84 Å². The molecule has 0 saturated heterocycles. The summed E-state index contributed by atoms with van der Waals surface area (Å²) < 4.78 is 46.0. The summed E-state index contributed by atoms with van der Waals surface area (Å²) in [6.45, 7) is 6.46. The highest BCUT2D eigenvalue weighted by molar-refractivity contribution is 7.92. The lowest BCUT2D eigenvalue weighted by atomic mass is 10.1. The molecule has 3 rings (SSSR count). The largest absolute Gasteiger partial charge is 0.495 e. The molecular formula is C19H22FN3O3S. The van der Waals surface area contributed by atoms with Crippen molar-refractivity contribution >= 4 is 21.2 Å². The van der Waals surface area contributed by atoms with Crippen LogP contribution in [0.15, 0.2) is 35.5 Å². The molecule has 2 N–H and O–H groups in total.